The lowest BCUT2D eigenvalue weighted by Crippen LogP contribution is -2.42. The van der Waals surface area contributed by atoms with Crippen LogP contribution in [0.4, 0.5) is 0 Å². The summed E-state index contributed by atoms with van der Waals surface area (Å²) < 4.78 is 0. The molecular formula is C20H24N2O2. The summed E-state index contributed by atoms with van der Waals surface area (Å²) in [5, 5.41) is 0. The second-order valence-corrected chi connectivity index (χ2v) is 6.93. The summed E-state index contributed by atoms with van der Waals surface area (Å²) in [6.07, 6.45) is 0.232. The molecular weight excluding hydrogens is 300 g/mol. The van der Waals surface area contributed by atoms with Gasteiger partial charge in [-0.15, -0.1) is 0 Å². The van der Waals surface area contributed by atoms with Gasteiger partial charge in [-0.25, -0.2) is 0 Å². The SMILES string of the molecule is Cc1ccccc1CC(=O)NNC(=O)c1ccc(C(C)(C)C)cc1. The first kappa shape index (κ1) is 17.7. The molecule has 0 aliphatic carbocycles. The van der Waals surface area contributed by atoms with Crippen molar-refractivity contribution in [3.05, 3.63) is 70.8 Å². The van der Waals surface area contributed by atoms with Crippen LogP contribution in [0.5, 0.6) is 0 Å². The number of carbonyl (C=O) groups is 2. The number of amides is 2. The van der Waals surface area contributed by atoms with E-state index in [9.17, 15) is 9.59 Å². The summed E-state index contributed by atoms with van der Waals surface area (Å²) in [7, 11) is 0. The molecule has 126 valence electrons. The second-order valence-electron chi connectivity index (χ2n) is 6.93. The van der Waals surface area contributed by atoms with Gasteiger partial charge in [-0.1, -0.05) is 57.2 Å². The minimum absolute atomic E-state index is 0.0385. The van der Waals surface area contributed by atoms with Gasteiger partial charge in [-0.2, -0.15) is 0 Å². The third-order valence-corrected chi connectivity index (χ3v) is 3.94. The average Bonchev–Trinajstić information content (AvgIpc) is 2.54. The van der Waals surface area contributed by atoms with Gasteiger partial charge in [0.25, 0.3) is 5.91 Å². The maximum Gasteiger partial charge on any atom is 0.269 e. The highest BCUT2D eigenvalue weighted by molar-refractivity contribution is 5.95. The molecule has 0 saturated carbocycles. The molecule has 24 heavy (non-hydrogen) atoms. The highest BCUT2D eigenvalue weighted by Gasteiger charge is 2.14. The van der Waals surface area contributed by atoms with Gasteiger partial charge >= 0.3 is 0 Å². The number of benzene rings is 2. The highest BCUT2D eigenvalue weighted by Crippen LogP contribution is 2.22. The summed E-state index contributed by atoms with van der Waals surface area (Å²) in [6, 6.07) is 15.1. The number of aryl methyl sites for hydroxylation is 1. The largest absolute Gasteiger partial charge is 0.273 e. The van der Waals surface area contributed by atoms with Gasteiger partial charge in [0.2, 0.25) is 5.91 Å². The Kier molecular flexibility index (Phi) is 5.39. The smallest absolute Gasteiger partial charge is 0.269 e. The predicted octanol–water partition coefficient (Wildman–Crippen LogP) is 3.30. The van der Waals surface area contributed by atoms with Crippen LogP contribution in [0.3, 0.4) is 0 Å². The Morgan fingerprint density at radius 1 is 0.917 bits per heavy atom. The molecule has 0 aliphatic rings. The van der Waals surface area contributed by atoms with Crippen molar-refractivity contribution in [1.29, 1.82) is 0 Å². The monoisotopic (exact) mass is 324 g/mol. The lowest BCUT2D eigenvalue weighted by atomic mass is 9.87. The van der Waals surface area contributed by atoms with Crippen molar-refractivity contribution in [1.82, 2.24) is 10.9 Å². The molecule has 4 nitrogen and oxygen atoms in total. The third kappa shape index (κ3) is 4.69. The van der Waals surface area contributed by atoms with Crippen LogP contribution >= 0.6 is 0 Å². The Bertz CT molecular complexity index is 728. The van der Waals surface area contributed by atoms with Gasteiger partial charge in [0, 0.05) is 5.56 Å². The van der Waals surface area contributed by atoms with Gasteiger partial charge in [0.1, 0.15) is 0 Å². The van der Waals surface area contributed by atoms with Crippen LogP contribution in [0.15, 0.2) is 48.5 Å². The average molecular weight is 324 g/mol. The third-order valence-electron chi connectivity index (χ3n) is 3.94. The summed E-state index contributed by atoms with van der Waals surface area (Å²) in [4.78, 5) is 24.1. The molecule has 2 aromatic rings. The fourth-order valence-electron chi connectivity index (χ4n) is 2.35. The van der Waals surface area contributed by atoms with Crippen molar-refractivity contribution in [3.8, 4) is 0 Å². The van der Waals surface area contributed by atoms with Crippen LogP contribution in [0.1, 0.15) is 47.8 Å². The molecule has 0 aliphatic heterocycles. The highest BCUT2D eigenvalue weighted by atomic mass is 16.2. The Hall–Kier alpha value is -2.62. The zero-order valence-corrected chi connectivity index (χ0v) is 14.6. The topological polar surface area (TPSA) is 58.2 Å². The molecule has 0 saturated heterocycles. The fourth-order valence-corrected chi connectivity index (χ4v) is 2.35. The second kappa shape index (κ2) is 7.30. The van der Waals surface area contributed by atoms with Crippen LogP contribution in [0, 0.1) is 6.92 Å². The fraction of sp³-hybridized carbons (Fsp3) is 0.300. The number of carbonyl (C=O) groups excluding carboxylic acids is 2. The number of hydrogen-bond acceptors (Lipinski definition) is 2. The molecule has 0 radical (unpaired) electrons. The Labute approximate surface area is 143 Å². The molecule has 0 fully saturated rings. The number of nitrogens with one attached hydrogen (secondary N) is 2. The number of rotatable bonds is 3. The van der Waals surface area contributed by atoms with Crippen molar-refractivity contribution >= 4 is 11.8 Å². The lowest BCUT2D eigenvalue weighted by molar-refractivity contribution is -0.121. The van der Waals surface area contributed by atoms with E-state index in [1.165, 1.54) is 0 Å². The van der Waals surface area contributed by atoms with E-state index in [0.717, 1.165) is 16.7 Å². The van der Waals surface area contributed by atoms with Gasteiger partial charge in [-0.3, -0.25) is 20.4 Å². The number of hydrazine groups is 1. The van der Waals surface area contributed by atoms with Gasteiger partial charge in [0.05, 0.1) is 6.42 Å². The van der Waals surface area contributed by atoms with E-state index in [1.807, 2.05) is 43.3 Å². The molecule has 2 aromatic carbocycles. The summed E-state index contributed by atoms with van der Waals surface area (Å²) >= 11 is 0. The molecule has 2 N–H and O–H groups in total. The minimum atomic E-state index is -0.325. The molecule has 2 amide bonds. The van der Waals surface area contributed by atoms with Crippen molar-refractivity contribution in [2.75, 3.05) is 0 Å². The number of hydrogen-bond donors (Lipinski definition) is 2. The summed E-state index contributed by atoms with van der Waals surface area (Å²) in [5.74, 6) is -0.572. The Morgan fingerprint density at radius 3 is 2.12 bits per heavy atom. The van der Waals surface area contributed by atoms with E-state index in [-0.39, 0.29) is 23.7 Å². The van der Waals surface area contributed by atoms with Crippen LogP contribution in [0.25, 0.3) is 0 Å². The van der Waals surface area contributed by atoms with E-state index >= 15 is 0 Å². The molecule has 0 bridgehead atoms. The molecule has 0 atom stereocenters. The first-order valence-corrected chi connectivity index (χ1v) is 8.01. The van der Waals surface area contributed by atoms with Crippen LogP contribution in [-0.4, -0.2) is 11.8 Å². The zero-order valence-electron chi connectivity index (χ0n) is 14.6. The van der Waals surface area contributed by atoms with Crippen LogP contribution < -0.4 is 10.9 Å². The van der Waals surface area contributed by atoms with Crippen molar-refractivity contribution in [2.45, 2.75) is 39.5 Å². The van der Waals surface area contributed by atoms with Crippen molar-refractivity contribution < 1.29 is 9.59 Å². The van der Waals surface area contributed by atoms with E-state index in [0.29, 0.717) is 5.56 Å². The molecule has 0 spiro atoms. The van der Waals surface area contributed by atoms with E-state index in [1.54, 1.807) is 12.1 Å². The Balaban J connectivity index is 1.91. The van der Waals surface area contributed by atoms with E-state index in [4.69, 9.17) is 0 Å². The molecule has 2 rings (SSSR count). The van der Waals surface area contributed by atoms with Crippen molar-refractivity contribution in [2.24, 2.45) is 0 Å². The Morgan fingerprint density at radius 2 is 1.54 bits per heavy atom. The molecule has 0 aromatic heterocycles. The molecule has 0 heterocycles. The minimum Gasteiger partial charge on any atom is -0.273 e. The maximum absolute atomic E-state index is 12.1. The van der Waals surface area contributed by atoms with Gasteiger partial charge in [-0.05, 0) is 41.2 Å². The van der Waals surface area contributed by atoms with Gasteiger partial charge < -0.3 is 0 Å². The van der Waals surface area contributed by atoms with Crippen LogP contribution in [-0.2, 0) is 16.6 Å². The molecule has 0 unspecified atom stereocenters. The van der Waals surface area contributed by atoms with Crippen LogP contribution in [0.2, 0.25) is 0 Å². The first-order valence-electron chi connectivity index (χ1n) is 8.01. The van der Waals surface area contributed by atoms with Crippen molar-refractivity contribution in [3.63, 3.8) is 0 Å². The lowest BCUT2D eigenvalue weighted by Gasteiger charge is -2.19. The standard InChI is InChI=1S/C20H24N2O2/c1-14-7-5-6-8-16(14)13-18(23)21-22-19(24)15-9-11-17(12-10-15)20(2,3)4/h5-12H,13H2,1-4H3,(H,21,23)(H,22,24). The predicted molar refractivity (Wildman–Crippen MR) is 95.6 cm³/mol. The first-order chi connectivity index (χ1) is 11.3. The molecule has 4 heteroatoms. The van der Waals surface area contributed by atoms with E-state index < -0.39 is 0 Å². The zero-order chi connectivity index (χ0) is 17.7. The normalized spacial score (nSPS) is 11.0. The van der Waals surface area contributed by atoms with E-state index in [2.05, 4.69) is 31.6 Å². The summed E-state index contributed by atoms with van der Waals surface area (Å²) in [6.45, 7) is 8.31. The maximum atomic E-state index is 12.1. The van der Waals surface area contributed by atoms with Gasteiger partial charge in [0.15, 0.2) is 0 Å². The quantitative estimate of drug-likeness (QED) is 0.851. The summed E-state index contributed by atoms with van der Waals surface area (Å²) in [5.41, 5.74) is 8.62.